The van der Waals surface area contributed by atoms with Gasteiger partial charge in [0, 0.05) is 47.7 Å². The van der Waals surface area contributed by atoms with Gasteiger partial charge < -0.3 is 19.8 Å². The number of hydrogen-bond acceptors (Lipinski definition) is 8. The summed E-state index contributed by atoms with van der Waals surface area (Å²) in [5, 5.41) is 21.7. The first-order chi connectivity index (χ1) is 16.5. The number of aliphatic hydroxyl groups is 1. The quantitative estimate of drug-likeness (QED) is 0.418. The van der Waals surface area contributed by atoms with E-state index in [1.54, 1.807) is 37.5 Å². The predicted octanol–water partition coefficient (Wildman–Crippen LogP) is 3.66. The normalized spacial score (nSPS) is 19.7. The summed E-state index contributed by atoms with van der Waals surface area (Å²) in [5.74, 6) is 0.431. The van der Waals surface area contributed by atoms with Crippen LogP contribution in [-0.4, -0.2) is 68.5 Å². The molecular formula is C25H30N4O4S. The van der Waals surface area contributed by atoms with Gasteiger partial charge in [-0.25, -0.2) is 9.97 Å². The van der Waals surface area contributed by atoms with Gasteiger partial charge in [0.1, 0.15) is 12.1 Å². The number of rotatable bonds is 10. The second-order valence-electron chi connectivity index (χ2n) is 8.59. The third-order valence-electron chi connectivity index (χ3n) is 6.52. The lowest BCUT2D eigenvalue weighted by Crippen LogP contribution is -2.44. The smallest absolute Gasteiger partial charge is 0.308 e. The Bertz CT molecular complexity index is 1100. The standard InChI is InChI=1S/C25H30N4O4S/c1-33-18-3-4-23-21(12-18)20(6-8-28-23)24(30)5-2-17-7-9-29(15-22(17)25(31)32)10-11-34-19-13-26-16-27-14-19/h3-4,6,8,12-14,16-17,22,24,30H,2,5,7,9-11,15H2,1H3,(H,31,32)/t17-,22+,24-/m1/s1. The molecule has 3 heterocycles. The highest BCUT2D eigenvalue weighted by Gasteiger charge is 2.34. The molecule has 3 atom stereocenters. The highest BCUT2D eigenvalue weighted by Crippen LogP contribution is 2.34. The van der Waals surface area contributed by atoms with E-state index in [-0.39, 0.29) is 5.92 Å². The maximum absolute atomic E-state index is 12.0. The van der Waals surface area contributed by atoms with Crippen LogP contribution in [0.4, 0.5) is 0 Å². The molecule has 1 aromatic carbocycles. The van der Waals surface area contributed by atoms with E-state index in [1.807, 2.05) is 24.3 Å². The van der Waals surface area contributed by atoms with Crippen LogP contribution >= 0.6 is 11.8 Å². The molecule has 9 heteroatoms. The van der Waals surface area contributed by atoms with E-state index < -0.39 is 18.0 Å². The molecular weight excluding hydrogens is 452 g/mol. The predicted molar refractivity (Wildman–Crippen MR) is 131 cm³/mol. The average molecular weight is 483 g/mol. The molecule has 1 aliphatic rings. The molecule has 0 saturated carbocycles. The Balaban J connectivity index is 1.34. The molecule has 1 saturated heterocycles. The SMILES string of the molecule is COc1ccc2nccc([C@H](O)CC[C@@H]3CCN(CCSc4cncnc4)C[C@@H]3C(=O)O)c2c1. The van der Waals surface area contributed by atoms with Crippen LogP contribution in [0.1, 0.15) is 30.9 Å². The largest absolute Gasteiger partial charge is 0.497 e. The summed E-state index contributed by atoms with van der Waals surface area (Å²) >= 11 is 1.68. The maximum atomic E-state index is 12.0. The van der Waals surface area contributed by atoms with Crippen molar-refractivity contribution in [3.8, 4) is 5.75 Å². The van der Waals surface area contributed by atoms with Crippen LogP contribution < -0.4 is 4.74 Å². The summed E-state index contributed by atoms with van der Waals surface area (Å²) in [7, 11) is 1.61. The first-order valence-electron chi connectivity index (χ1n) is 11.5. The number of likely N-dealkylation sites (tertiary alicyclic amines) is 1. The number of aliphatic hydroxyl groups excluding tert-OH is 1. The lowest BCUT2D eigenvalue weighted by atomic mass is 9.81. The number of fused-ring (bicyclic) bond motifs is 1. The van der Waals surface area contributed by atoms with Crippen molar-refractivity contribution in [3.05, 3.63) is 54.7 Å². The van der Waals surface area contributed by atoms with Gasteiger partial charge in [-0.3, -0.25) is 9.78 Å². The Morgan fingerprint density at radius 1 is 1.29 bits per heavy atom. The molecule has 8 nitrogen and oxygen atoms in total. The number of hydrogen-bond donors (Lipinski definition) is 2. The lowest BCUT2D eigenvalue weighted by molar-refractivity contribution is -0.146. The molecule has 1 aliphatic heterocycles. The Morgan fingerprint density at radius 3 is 2.88 bits per heavy atom. The minimum atomic E-state index is -0.757. The minimum absolute atomic E-state index is 0.0428. The summed E-state index contributed by atoms with van der Waals surface area (Å²) in [6.45, 7) is 2.23. The zero-order valence-corrected chi connectivity index (χ0v) is 20.0. The zero-order valence-electron chi connectivity index (χ0n) is 19.2. The van der Waals surface area contributed by atoms with Crippen LogP contribution in [0.25, 0.3) is 10.9 Å². The van der Waals surface area contributed by atoms with Crippen LogP contribution in [0.2, 0.25) is 0 Å². The third-order valence-corrected chi connectivity index (χ3v) is 7.45. The molecule has 3 aromatic rings. The number of carboxylic acids is 1. The number of methoxy groups -OCH3 is 1. The number of thioether (sulfide) groups is 1. The van der Waals surface area contributed by atoms with Gasteiger partial charge in [0.15, 0.2) is 0 Å². The third kappa shape index (κ3) is 6.02. The van der Waals surface area contributed by atoms with Gasteiger partial charge in [-0.2, -0.15) is 0 Å². The summed E-state index contributed by atoms with van der Waals surface area (Å²) in [4.78, 5) is 27.7. The van der Waals surface area contributed by atoms with Gasteiger partial charge >= 0.3 is 5.97 Å². The number of aliphatic carboxylic acids is 1. The molecule has 0 bridgehead atoms. The Kier molecular flexibility index (Phi) is 8.31. The first-order valence-corrected chi connectivity index (χ1v) is 12.5. The maximum Gasteiger partial charge on any atom is 0.308 e. The second-order valence-corrected chi connectivity index (χ2v) is 9.76. The number of pyridine rings is 1. The van der Waals surface area contributed by atoms with Gasteiger partial charge in [-0.1, -0.05) is 0 Å². The van der Waals surface area contributed by atoms with Crippen LogP contribution in [0.15, 0.2) is 54.1 Å². The van der Waals surface area contributed by atoms with Crippen LogP contribution in [0, 0.1) is 11.8 Å². The van der Waals surface area contributed by atoms with E-state index in [2.05, 4.69) is 19.9 Å². The average Bonchev–Trinajstić information content (AvgIpc) is 2.87. The van der Waals surface area contributed by atoms with Gasteiger partial charge in [0.25, 0.3) is 0 Å². The topological polar surface area (TPSA) is 109 Å². The van der Waals surface area contributed by atoms with Crippen molar-refractivity contribution in [1.82, 2.24) is 19.9 Å². The number of carboxylic acid groups (broad SMARTS) is 1. The van der Waals surface area contributed by atoms with E-state index in [0.29, 0.717) is 25.1 Å². The van der Waals surface area contributed by atoms with Crippen LogP contribution in [0.3, 0.4) is 0 Å². The number of ether oxygens (including phenoxy) is 1. The molecule has 0 unspecified atom stereocenters. The van der Waals surface area contributed by atoms with E-state index in [0.717, 1.165) is 46.6 Å². The van der Waals surface area contributed by atoms with Crippen molar-refractivity contribution in [2.45, 2.75) is 30.3 Å². The fourth-order valence-electron chi connectivity index (χ4n) is 4.64. The monoisotopic (exact) mass is 482 g/mol. The Hall–Kier alpha value is -2.75. The molecule has 0 spiro atoms. The molecule has 4 rings (SSSR count). The van der Waals surface area contributed by atoms with Crippen molar-refractivity contribution in [3.63, 3.8) is 0 Å². The summed E-state index contributed by atoms with van der Waals surface area (Å²) in [6, 6.07) is 7.45. The van der Waals surface area contributed by atoms with Crippen molar-refractivity contribution >= 4 is 28.6 Å². The summed E-state index contributed by atoms with van der Waals surface area (Å²) < 4.78 is 5.33. The van der Waals surface area contributed by atoms with E-state index in [9.17, 15) is 15.0 Å². The zero-order chi connectivity index (χ0) is 23.9. The number of piperidine rings is 1. The van der Waals surface area contributed by atoms with Gasteiger partial charge in [0.2, 0.25) is 0 Å². The Morgan fingerprint density at radius 2 is 2.12 bits per heavy atom. The molecule has 180 valence electrons. The lowest BCUT2D eigenvalue weighted by Gasteiger charge is -2.36. The van der Waals surface area contributed by atoms with Gasteiger partial charge in [-0.05, 0) is 61.6 Å². The molecule has 0 radical (unpaired) electrons. The fourth-order valence-corrected chi connectivity index (χ4v) is 5.50. The van der Waals surface area contributed by atoms with E-state index >= 15 is 0 Å². The summed E-state index contributed by atoms with van der Waals surface area (Å²) in [6.07, 6.45) is 8.09. The van der Waals surface area contributed by atoms with E-state index in [4.69, 9.17) is 4.74 Å². The van der Waals surface area contributed by atoms with Crippen molar-refractivity contribution in [1.29, 1.82) is 0 Å². The molecule has 2 aromatic heterocycles. The van der Waals surface area contributed by atoms with E-state index in [1.165, 1.54) is 6.33 Å². The number of nitrogens with zero attached hydrogens (tertiary/aromatic N) is 4. The second kappa shape index (κ2) is 11.6. The highest BCUT2D eigenvalue weighted by atomic mass is 32.2. The molecule has 0 amide bonds. The highest BCUT2D eigenvalue weighted by molar-refractivity contribution is 7.99. The van der Waals surface area contributed by atoms with Crippen molar-refractivity contribution in [2.24, 2.45) is 11.8 Å². The van der Waals surface area contributed by atoms with Gasteiger partial charge in [0.05, 0.1) is 24.6 Å². The number of carbonyl (C=O) groups is 1. The molecule has 1 fully saturated rings. The first kappa shape index (κ1) is 24.4. The fraction of sp³-hybridized carbons (Fsp3) is 0.440. The molecule has 2 N–H and O–H groups in total. The van der Waals surface area contributed by atoms with Crippen molar-refractivity contribution in [2.75, 3.05) is 32.5 Å². The van der Waals surface area contributed by atoms with Crippen LogP contribution in [-0.2, 0) is 4.79 Å². The number of aromatic nitrogens is 3. The van der Waals surface area contributed by atoms with Crippen molar-refractivity contribution < 1.29 is 19.7 Å². The summed E-state index contributed by atoms with van der Waals surface area (Å²) in [5.41, 5.74) is 1.60. The minimum Gasteiger partial charge on any atom is -0.497 e. The Labute approximate surface area is 203 Å². The number of benzene rings is 1. The molecule has 34 heavy (non-hydrogen) atoms. The van der Waals surface area contributed by atoms with Gasteiger partial charge in [-0.15, -0.1) is 11.8 Å². The van der Waals surface area contributed by atoms with Crippen LogP contribution in [0.5, 0.6) is 5.75 Å². The molecule has 0 aliphatic carbocycles.